The molecule has 0 spiro atoms. The number of hydrogen-bond donors (Lipinski definition) is 0. The molecule has 0 fully saturated rings. The first-order valence-electron chi connectivity index (χ1n) is 17.1. The molecule has 0 N–H and O–H groups in total. The maximum atomic E-state index is 3.41. The fraction of sp³-hybridized carbons (Fsp3) is 0.0667. The second-order valence-corrected chi connectivity index (χ2v) is 13.8. The van der Waals surface area contributed by atoms with E-state index < -0.39 is 0 Å². The van der Waals surface area contributed by atoms with Crippen LogP contribution in [0.5, 0.6) is 0 Å². The van der Waals surface area contributed by atoms with E-state index in [2.05, 4.69) is 155 Å². The van der Waals surface area contributed by atoms with Gasteiger partial charge in [-0.05, 0) is 87.2 Å². The zero-order chi connectivity index (χ0) is 32.0. The van der Waals surface area contributed by atoms with Crippen molar-refractivity contribution in [2.75, 3.05) is 9.80 Å². The highest BCUT2D eigenvalue weighted by Gasteiger charge is 2.47. The third-order valence-corrected chi connectivity index (χ3v) is 11.5. The summed E-state index contributed by atoms with van der Waals surface area (Å²) < 4.78 is 2.39. The topological polar surface area (TPSA) is 11.4 Å². The van der Waals surface area contributed by atoms with Crippen molar-refractivity contribution in [1.29, 1.82) is 0 Å². The number of benzene rings is 5. The van der Waals surface area contributed by atoms with Crippen LogP contribution < -0.4 is 26.2 Å². The number of para-hydroxylation sites is 4. The highest BCUT2D eigenvalue weighted by Crippen LogP contribution is 2.53. The van der Waals surface area contributed by atoms with E-state index in [-0.39, 0.29) is 6.71 Å². The zero-order valence-corrected chi connectivity index (χ0v) is 26.8. The molecule has 224 valence electrons. The molecule has 4 heteroatoms. The second kappa shape index (κ2) is 8.96. The average molecular weight is 620 g/mol. The van der Waals surface area contributed by atoms with E-state index in [4.69, 9.17) is 0 Å². The van der Waals surface area contributed by atoms with Crippen LogP contribution >= 0.6 is 0 Å². The average Bonchev–Trinajstić information content (AvgIpc) is 3.49. The van der Waals surface area contributed by atoms with Crippen molar-refractivity contribution < 1.29 is 0 Å². The van der Waals surface area contributed by atoms with Gasteiger partial charge in [0.15, 0.2) is 0 Å². The maximum absolute atomic E-state index is 3.41. The van der Waals surface area contributed by atoms with Gasteiger partial charge in [-0.25, -0.2) is 0 Å². The van der Waals surface area contributed by atoms with Crippen LogP contribution in [0.25, 0.3) is 27.5 Å². The highest BCUT2D eigenvalue weighted by molar-refractivity contribution is 7.00. The molecule has 1 unspecified atom stereocenters. The van der Waals surface area contributed by atoms with E-state index >= 15 is 0 Å². The van der Waals surface area contributed by atoms with Crippen LogP contribution in [0.4, 0.5) is 34.1 Å². The van der Waals surface area contributed by atoms with Crippen LogP contribution in [0.1, 0.15) is 35.1 Å². The van der Waals surface area contributed by atoms with E-state index in [1.807, 2.05) is 12.1 Å². The van der Waals surface area contributed by atoms with E-state index in [0.29, 0.717) is 5.92 Å². The molecule has 4 aliphatic rings. The molecule has 5 heterocycles. The lowest BCUT2D eigenvalue weighted by atomic mass is 9.33. The number of anilines is 6. The van der Waals surface area contributed by atoms with Gasteiger partial charge >= 0.3 is 0 Å². The monoisotopic (exact) mass is 619 g/mol. The van der Waals surface area contributed by atoms with E-state index in [0.717, 1.165) is 33.9 Å². The van der Waals surface area contributed by atoms with Crippen molar-refractivity contribution in [2.45, 2.75) is 19.3 Å². The molecule has 4 aliphatic heterocycles. The standard InChI is InChI=1S/C45H26BN3/c1-27-31-14-3-7-21-38(31)49-42-26-30(47-39-22-8-4-15-33(39)34-16-5-9-23-40(34)47)25-41-43(42)46(36-19-11-17-32(27)45(36)49)35-18-10-13-29-24-28-12-2-6-20-37(28)48(41)44(29)35/h2-3,6-14,17-23,25-27H,24H2,1H3. The number of hydrogen-bond acceptors (Lipinski definition) is 2. The van der Waals surface area contributed by atoms with Gasteiger partial charge in [0.1, 0.15) is 0 Å². The van der Waals surface area contributed by atoms with Crippen LogP contribution in [0.3, 0.4) is 0 Å². The normalized spacial score (nSPS) is 15.5. The van der Waals surface area contributed by atoms with Gasteiger partial charge < -0.3 is 14.4 Å². The molecule has 0 saturated carbocycles. The largest absolute Gasteiger partial charge is 0.311 e. The Hall–Kier alpha value is -6.36. The van der Waals surface area contributed by atoms with Crippen LogP contribution in [-0.2, 0) is 6.42 Å². The lowest BCUT2D eigenvalue weighted by Crippen LogP contribution is -2.62. The minimum absolute atomic E-state index is 0.114. The third-order valence-electron chi connectivity index (χ3n) is 11.5. The van der Waals surface area contributed by atoms with Gasteiger partial charge in [0.25, 0.3) is 6.71 Å². The third kappa shape index (κ3) is 3.09. The van der Waals surface area contributed by atoms with Crippen LogP contribution in [-0.4, -0.2) is 11.3 Å². The summed E-state index contributed by atoms with van der Waals surface area (Å²) in [5.41, 5.74) is 20.6. The molecule has 1 aromatic heterocycles. The van der Waals surface area contributed by atoms with Gasteiger partial charge in [0.2, 0.25) is 0 Å². The number of aromatic nitrogens is 1. The summed E-state index contributed by atoms with van der Waals surface area (Å²) in [5.74, 6) is 0.291. The Morgan fingerprint density at radius 2 is 1.20 bits per heavy atom. The van der Waals surface area contributed by atoms with Crippen LogP contribution in [0.15, 0.2) is 121 Å². The Bertz CT molecular complexity index is 2700. The summed E-state index contributed by atoms with van der Waals surface area (Å²) in [5, 5.41) is 2.03. The van der Waals surface area contributed by atoms with Gasteiger partial charge in [-0.1, -0.05) is 104 Å². The molecular formula is C45H26BN3. The minimum atomic E-state index is 0.114. The molecule has 0 radical (unpaired) electrons. The summed E-state index contributed by atoms with van der Waals surface area (Å²) >= 11 is 0. The molecule has 0 aliphatic carbocycles. The Morgan fingerprint density at radius 3 is 1.98 bits per heavy atom. The maximum Gasteiger partial charge on any atom is 0.252 e. The lowest BCUT2D eigenvalue weighted by molar-refractivity contribution is 0.893. The Morgan fingerprint density at radius 1 is 0.592 bits per heavy atom. The fourth-order valence-electron chi connectivity index (χ4n) is 9.54. The Labute approximate surface area is 285 Å². The fourth-order valence-corrected chi connectivity index (χ4v) is 9.54. The van der Waals surface area contributed by atoms with Gasteiger partial charge in [0, 0.05) is 46.5 Å². The molecule has 49 heavy (non-hydrogen) atoms. The smallest absolute Gasteiger partial charge is 0.252 e. The summed E-state index contributed by atoms with van der Waals surface area (Å²) in [6, 6.07) is 58.3. The van der Waals surface area contributed by atoms with E-state index in [1.165, 1.54) is 72.8 Å². The Kier molecular flexibility index (Phi) is 4.70. The summed E-state index contributed by atoms with van der Waals surface area (Å²) in [4.78, 5) is 5.15. The zero-order valence-electron chi connectivity index (χ0n) is 26.8. The summed E-state index contributed by atoms with van der Waals surface area (Å²) in [6.45, 7) is 2.48. The van der Waals surface area contributed by atoms with Crippen molar-refractivity contribution in [2.24, 2.45) is 0 Å². The molecule has 0 amide bonds. The minimum Gasteiger partial charge on any atom is -0.311 e. The SMILES string of the molecule is CC1c2ccccc2N2c3cc(-n4c5ccc#cc5c5c#cccc54)cc4c3B(c3cccc5c3N4c3ccccc3C5)c3cccc1c32. The predicted molar refractivity (Wildman–Crippen MR) is 200 cm³/mol. The van der Waals surface area contributed by atoms with Gasteiger partial charge in [0.05, 0.1) is 27.5 Å². The summed E-state index contributed by atoms with van der Waals surface area (Å²) in [6.07, 6.45) is 0.930. The molecule has 1 atom stereocenters. The predicted octanol–water partition coefficient (Wildman–Crippen LogP) is 8.44. The first-order valence-corrected chi connectivity index (χ1v) is 17.1. The first kappa shape index (κ1) is 25.7. The van der Waals surface area contributed by atoms with E-state index in [1.54, 1.807) is 0 Å². The van der Waals surface area contributed by atoms with Gasteiger partial charge in [-0.15, -0.1) is 0 Å². The molecular weight excluding hydrogens is 593 g/mol. The van der Waals surface area contributed by atoms with Crippen molar-refractivity contribution in [1.82, 2.24) is 4.57 Å². The quantitative estimate of drug-likeness (QED) is 0.171. The second-order valence-electron chi connectivity index (χ2n) is 13.8. The van der Waals surface area contributed by atoms with Crippen molar-refractivity contribution in [3.05, 3.63) is 168 Å². The number of nitrogens with zero attached hydrogens (tertiary/aromatic N) is 3. The molecule has 0 saturated heterocycles. The van der Waals surface area contributed by atoms with Crippen molar-refractivity contribution >= 4 is 79.0 Å². The first-order chi connectivity index (χ1) is 24.3. The molecule has 0 bridgehead atoms. The highest BCUT2D eigenvalue weighted by atomic mass is 15.2. The summed E-state index contributed by atoms with van der Waals surface area (Å²) in [7, 11) is 0. The van der Waals surface area contributed by atoms with Crippen molar-refractivity contribution in [3.8, 4) is 5.69 Å². The van der Waals surface area contributed by atoms with Gasteiger partial charge in [-0.2, -0.15) is 0 Å². The van der Waals surface area contributed by atoms with Gasteiger partial charge in [-0.3, -0.25) is 0 Å². The van der Waals surface area contributed by atoms with Crippen molar-refractivity contribution in [3.63, 3.8) is 0 Å². The van der Waals surface area contributed by atoms with Crippen LogP contribution in [0, 0.1) is 24.3 Å². The molecule has 8 aromatic rings. The molecule has 7 aromatic carbocycles. The Balaban J connectivity index is 1.27. The van der Waals surface area contributed by atoms with Crippen LogP contribution in [0.2, 0.25) is 0 Å². The molecule has 12 rings (SSSR count). The van der Waals surface area contributed by atoms with E-state index in [9.17, 15) is 0 Å². The number of rotatable bonds is 1. The molecule has 3 nitrogen and oxygen atoms in total. The number of fused-ring (bicyclic) bond motifs is 11. The lowest BCUT2D eigenvalue weighted by Gasteiger charge is -2.49.